The van der Waals surface area contributed by atoms with Gasteiger partial charge in [-0.25, -0.2) is 4.68 Å². The second-order valence-electron chi connectivity index (χ2n) is 5.56. The average Bonchev–Trinajstić information content (AvgIpc) is 2.97. The number of alkyl halides is 3. The third-order valence-electron chi connectivity index (χ3n) is 3.70. The molecule has 1 heterocycles. The molecule has 140 valence electrons. The van der Waals surface area contributed by atoms with Crippen LogP contribution in [0, 0.1) is 6.92 Å². The molecular weight excluding hydrogens is 404 g/mol. The van der Waals surface area contributed by atoms with E-state index in [2.05, 4.69) is 15.6 Å². The summed E-state index contributed by atoms with van der Waals surface area (Å²) in [5.74, 6) is -0.734. The summed E-state index contributed by atoms with van der Waals surface area (Å²) >= 11 is 11.8. The third kappa shape index (κ3) is 4.06. The molecule has 0 aliphatic carbocycles. The van der Waals surface area contributed by atoms with Gasteiger partial charge >= 0.3 is 6.18 Å². The Morgan fingerprint density at radius 1 is 1.15 bits per heavy atom. The van der Waals surface area contributed by atoms with Gasteiger partial charge in [-0.15, -0.1) is 5.10 Å². The SMILES string of the molecule is Cc1c(C(=O)Nc2cc(C(F)(F)F)ccc2Cl)nnn1-c1cccc(Cl)c1. The van der Waals surface area contributed by atoms with Crippen LogP contribution in [0.2, 0.25) is 10.0 Å². The van der Waals surface area contributed by atoms with Crippen molar-refractivity contribution in [1.29, 1.82) is 0 Å². The van der Waals surface area contributed by atoms with Crippen molar-refractivity contribution in [2.45, 2.75) is 13.1 Å². The summed E-state index contributed by atoms with van der Waals surface area (Å²) in [7, 11) is 0. The number of rotatable bonds is 3. The minimum Gasteiger partial charge on any atom is -0.319 e. The number of anilines is 1. The predicted molar refractivity (Wildman–Crippen MR) is 95.5 cm³/mol. The molecule has 0 radical (unpaired) electrons. The summed E-state index contributed by atoms with van der Waals surface area (Å²) in [6, 6.07) is 9.40. The molecule has 0 fully saturated rings. The summed E-state index contributed by atoms with van der Waals surface area (Å²) in [6.07, 6.45) is -4.56. The van der Waals surface area contributed by atoms with Crippen molar-refractivity contribution in [2.75, 3.05) is 5.32 Å². The predicted octanol–water partition coefficient (Wildman–Crippen LogP) is 5.15. The largest absolute Gasteiger partial charge is 0.416 e. The minimum absolute atomic E-state index is 0.0313. The fourth-order valence-corrected chi connectivity index (χ4v) is 2.72. The lowest BCUT2D eigenvalue weighted by atomic mass is 10.2. The van der Waals surface area contributed by atoms with Gasteiger partial charge in [-0.3, -0.25) is 4.79 Å². The fraction of sp³-hybridized carbons (Fsp3) is 0.118. The van der Waals surface area contributed by atoms with E-state index in [4.69, 9.17) is 23.2 Å². The highest BCUT2D eigenvalue weighted by atomic mass is 35.5. The van der Waals surface area contributed by atoms with Crippen LogP contribution >= 0.6 is 23.2 Å². The van der Waals surface area contributed by atoms with Gasteiger partial charge in [0.2, 0.25) is 0 Å². The topological polar surface area (TPSA) is 59.8 Å². The monoisotopic (exact) mass is 414 g/mol. The number of hydrogen-bond acceptors (Lipinski definition) is 3. The highest BCUT2D eigenvalue weighted by Crippen LogP contribution is 2.34. The van der Waals surface area contributed by atoms with E-state index in [1.165, 1.54) is 4.68 Å². The van der Waals surface area contributed by atoms with E-state index in [0.29, 0.717) is 16.4 Å². The summed E-state index contributed by atoms with van der Waals surface area (Å²) in [6.45, 7) is 1.60. The lowest BCUT2D eigenvalue weighted by Gasteiger charge is -2.11. The van der Waals surface area contributed by atoms with Gasteiger partial charge in [-0.2, -0.15) is 13.2 Å². The second kappa shape index (κ2) is 7.21. The maximum absolute atomic E-state index is 12.9. The Balaban J connectivity index is 1.90. The lowest BCUT2D eigenvalue weighted by molar-refractivity contribution is -0.137. The van der Waals surface area contributed by atoms with Gasteiger partial charge in [-0.05, 0) is 43.3 Å². The maximum Gasteiger partial charge on any atom is 0.416 e. The van der Waals surface area contributed by atoms with Gasteiger partial charge in [0.05, 0.1) is 27.7 Å². The third-order valence-corrected chi connectivity index (χ3v) is 4.27. The van der Waals surface area contributed by atoms with Crippen molar-refractivity contribution >= 4 is 34.8 Å². The molecule has 3 rings (SSSR count). The fourth-order valence-electron chi connectivity index (χ4n) is 2.37. The van der Waals surface area contributed by atoms with Crippen LogP contribution in [0.15, 0.2) is 42.5 Å². The summed E-state index contributed by atoms with van der Waals surface area (Å²) in [5.41, 5.74) is -0.181. The zero-order valence-electron chi connectivity index (χ0n) is 13.7. The number of amides is 1. The van der Waals surface area contributed by atoms with E-state index in [9.17, 15) is 18.0 Å². The van der Waals surface area contributed by atoms with Gasteiger partial charge < -0.3 is 5.32 Å². The van der Waals surface area contributed by atoms with E-state index in [1.807, 2.05) is 0 Å². The second-order valence-corrected chi connectivity index (χ2v) is 6.41. The standard InChI is InChI=1S/C17H11Cl2F3N4O/c1-9-15(24-25-26(9)12-4-2-3-11(18)8-12)16(27)23-14-7-10(17(20,21)22)5-6-13(14)19/h2-8H,1H3,(H,23,27). The first-order valence-electron chi connectivity index (χ1n) is 7.53. The van der Waals surface area contributed by atoms with Crippen LogP contribution in [-0.2, 0) is 6.18 Å². The Kier molecular flexibility index (Phi) is 5.12. The maximum atomic E-state index is 12.9. The number of halogens is 5. The molecule has 1 amide bonds. The van der Waals surface area contributed by atoms with E-state index in [1.54, 1.807) is 31.2 Å². The molecule has 0 aliphatic rings. The van der Waals surface area contributed by atoms with Gasteiger partial charge in [0, 0.05) is 5.02 Å². The molecule has 1 N–H and O–H groups in total. The molecule has 0 saturated carbocycles. The van der Waals surface area contributed by atoms with Crippen molar-refractivity contribution in [2.24, 2.45) is 0 Å². The van der Waals surface area contributed by atoms with Crippen LogP contribution < -0.4 is 5.32 Å². The van der Waals surface area contributed by atoms with Crippen molar-refractivity contribution in [1.82, 2.24) is 15.0 Å². The van der Waals surface area contributed by atoms with Gasteiger partial charge in [0.1, 0.15) is 0 Å². The zero-order chi connectivity index (χ0) is 19.8. The first kappa shape index (κ1) is 19.2. The smallest absolute Gasteiger partial charge is 0.319 e. The molecule has 3 aromatic rings. The van der Waals surface area contributed by atoms with Crippen LogP contribution in [0.4, 0.5) is 18.9 Å². The number of hydrogen-bond donors (Lipinski definition) is 1. The average molecular weight is 415 g/mol. The number of nitrogens with zero attached hydrogens (tertiary/aromatic N) is 3. The Morgan fingerprint density at radius 3 is 2.56 bits per heavy atom. The van der Waals surface area contributed by atoms with Gasteiger partial charge in [0.25, 0.3) is 5.91 Å². The molecule has 0 aliphatic heterocycles. The van der Waals surface area contributed by atoms with Crippen LogP contribution in [0.3, 0.4) is 0 Å². The van der Waals surface area contributed by atoms with Crippen molar-refractivity contribution in [3.8, 4) is 5.69 Å². The molecule has 2 aromatic carbocycles. The Morgan fingerprint density at radius 2 is 1.89 bits per heavy atom. The molecular formula is C17H11Cl2F3N4O. The van der Waals surface area contributed by atoms with Gasteiger partial charge in [0.15, 0.2) is 5.69 Å². The highest BCUT2D eigenvalue weighted by Gasteiger charge is 2.31. The molecule has 1 aromatic heterocycles. The number of carbonyl (C=O) groups excluding carboxylic acids is 1. The molecule has 5 nitrogen and oxygen atoms in total. The normalized spacial score (nSPS) is 11.5. The molecule has 0 bridgehead atoms. The van der Waals surface area contributed by atoms with Gasteiger partial charge in [-0.1, -0.05) is 34.5 Å². The van der Waals surface area contributed by atoms with Crippen molar-refractivity contribution < 1.29 is 18.0 Å². The van der Waals surface area contributed by atoms with E-state index < -0.39 is 17.6 Å². The van der Waals surface area contributed by atoms with E-state index in [0.717, 1.165) is 18.2 Å². The Bertz CT molecular complexity index is 1020. The number of nitrogens with one attached hydrogen (secondary N) is 1. The zero-order valence-corrected chi connectivity index (χ0v) is 15.2. The quantitative estimate of drug-likeness (QED) is 0.644. The first-order valence-corrected chi connectivity index (χ1v) is 8.29. The number of benzene rings is 2. The molecule has 0 atom stereocenters. The Labute approximate surface area is 161 Å². The molecule has 27 heavy (non-hydrogen) atoms. The number of aromatic nitrogens is 3. The molecule has 10 heteroatoms. The lowest BCUT2D eigenvalue weighted by Crippen LogP contribution is -2.15. The van der Waals surface area contributed by atoms with E-state index in [-0.39, 0.29) is 16.4 Å². The first-order chi connectivity index (χ1) is 12.7. The summed E-state index contributed by atoms with van der Waals surface area (Å²) < 4.78 is 40.0. The number of carbonyl (C=O) groups is 1. The Hall–Kier alpha value is -2.58. The van der Waals surface area contributed by atoms with Crippen LogP contribution in [0.1, 0.15) is 21.7 Å². The molecule has 0 spiro atoms. The van der Waals surface area contributed by atoms with Crippen LogP contribution in [0.5, 0.6) is 0 Å². The highest BCUT2D eigenvalue weighted by molar-refractivity contribution is 6.34. The van der Waals surface area contributed by atoms with Crippen molar-refractivity contribution in [3.05, 3.63) is 69.5 Å². The molecule has 0 saturated heterocycles. The summed E-state index contributed by atoms with van der Waals surface area (Å²) in [4.78, 5) is 12.5. The van der Waals surface area contributed by atoms with Crippen LogP contribution in [0.25, 0.3) is 5.69 Å². The van der Waals surface area contributed by atoms with Crippen LogP contribution in [-0.4, -0.2) is 20.9 Å². The van der Waals surface area contributed by atoms with Crippen molar-refractivity contribution in [3.63, 3.8) is 0 Å². The molecule has 0 unspecified atom stereocenters. The minimum atomic E-state index is -4.56. The summed E-state index contributed by atoms with van der Waals surface area (Å²) in [5, 5.41) is 10.5. The van der Waals surface area contributed by atoms with E-state index >= 15 is 0 Å².